The van der Waals surface area contributed by atoms with E-state index in [-0.39, 0.29) is 30.1 Å². The smallest absolute Gasteiger partial charge is 0.257 e. The molecule has 0 saturated heterocycles. The average Bonchev–Trinajstić information content (AvgIpc) is 3.44. The van der Waals surface area contributed by atoms with E-state index in [1.54, 1.807) is 13.1 Å². The standard InChI is InChI=1S/C32H34N4O3/c1-3-6-30-29(19-23-9-11-24(12-10-23)28-8-5-4-7-25(28)20-33)32(38)35(31-17-18-34-36(30)31)26-13-15-27(16-14-26)39-21-22(2)37/h4-5,7-12,17-18,26-27H,3,6,13-16,19,21H2,1-2H3. The van der Waals surface area contributed by atoms with Crippen molar-refractivity contribution in [3.63, 3.8) is 0 Å². The molecule has 1 aliphatic carbocycles. The summed E-state index contributed by atoms with van der Waals surface area (Å²) in [6.45, 7) is 3.81. The number of aryl methyl sites for hydroxylation is 1. The maximum Gasteiger partial charge on any atom is 0.257 e. The zero-order valence-corrected chi connectivity index (χ0v) is 22.6. The lowest BCUT2D eigenvalue weighted by Crippen LogP contribution is -2.35. The maximum atomic E-state index is 14.2. The number of ether oxygens (including phenoxy) is 1. The molecule has 0 unspecified atom stereocenters. The molecule has 39 heavy (non-hydrogen) atoms. The Morgan fingerprint density at radius 1 is 1.08 bits per heavy atom. The molecule has 2 heterocycles. The molecule has 5 rings (SSSR count). The van der Waals surface area contributed by atoms with Crippen molar-refractivity contribution in [2.45, 2.75) is 70.9 Å². The van der Waals surface area contributed by atoms with Gasteiger partial charge in [0.1, 0.15) is 12.3 Å². The highest BCUT2D eigenvalue weighted by Gasteiger charge is 2.27. The summed E-state index contributed by atoms with van der Waals surface area (Å²) in [7, 11) is 0. The fraction of sp³-hybridized carbons (Fsp3) is 0.375. The van der Waals surface area contributed by atoms with E-state index in [9.17, 15) is 14.9 Å². The van der Waals surface area contributed by atoms with Crippen molar-refractivity contribution < 1.29 is 9.53 Å². The van der Waals surface area contributed by atoms with Gasteiger partial charge in [0.2, 0.25) is 0 Å². The van der Waals surface area contributed by atoms with Crippen LogP contribution in [0.1, 0.15) is 74.4 Å². The average molecular weight is 523 g/mol. The molecule has 0 aliphatic heterocycles. The first-order valence-electron chi connectivity index (χ1n) is 13.8. The van der Waals surface area contributed by atoms with Gasteiger partial charge in [-0.3, -0.25) is 14.2 Å². The van der Waals surface area contributed by atoms with Crippen LogP contribution >= 0.6 is 0 Å². The lowest BCUT2D eigenvalue weighted by molar-refractivity contribution is -0.124. The normalized spacial score (nSPS) is 17.3. The highest BCUT2D eigenvalue weighted by atomic mass is 16.5. The van der Waals surface area contributed by atoms with Gasteiger partial charge in [-0.25, -0.2) is 4.52 Å². The van der Waals surface area contributed by atoms with Crippen LogP contribution in [0, 0.1) is 11.3 Å². The number of carbonyl (C=O) groups is 1. The van der Waals surface area contributed by atoms with Gasteiger partial charge in [0.25, 0.3) is 5.56 Å². The van der Waals surface area contributed by atoms with Crippen LogP contribution in [0.2, 0.25) is 0 Å². The molecule has 0 bridgehead atoms. The fourth-order valence-electron chi connectivity index (χ4n) is 5.76. The number of nitriles is 1. The molecular weight excluding hydrogens is 488 g/mol. The van der Waals surface area contributed by atoms with Gasteiger partial charge in [-0.1, -0.05) is 55.8 Å². The van der Waals surface area contributed by atoms with Gasteiger partial charge < -0.3 is 4.74 Å². The molecule has 7 heteroatoms. The Bertz CT molecular complexity index is 1570. The molecule has 0 N–H and O–H groups in total. The van der Waals surface area contributed by atoms with Gasteiger partial charge in [0, 0.05) is 24.1 Å². The molecule has 1 aliphatic rings. The second kappa shape index (κ2) is 11.8. The second-order valence-corrected chi connectivity index (χ2v) is 10.4. The van der Waals surface area contributed by atoms with E-state index in [1.807, 2.05) is 63.7 Å². The van der Waals surface area contributed by atoms with Gasteiger partial charge in [-0.2, -0.15) is 10.4 Å². The van der Waals surface area contributed by atoms with Gasteiger partial charge in [0.05, 0.1) is 29.6 Å². The quantitative estimate of drug-likeness (QED) is 0.283. The predicted octanol–water partition coefficient (Wildman–Crippen LogP) is 5.67. The monoisotopic (exact) mass is 522 g/mol. The molecule has 0 atom stereocenters. The van der Waals surface area contributed by atoms with Crippen LogP contribution in [0.3, 0.4) is 0 Å². The van der Waals surface area contributed by atoms with E-state index in [2.05, 4.69) is 18.1 Å². The second-order valence-electron chi connectivity index (χ2n) is 10.4. The van der Waals surface area contributed by atoms with E-state index < -0.39 is 0 Å². The number of hydrogen-bond acceptors (Lipinski definition) is 5. The van der Waals surface area contributed by atoms with Gasteiger partial charge in [0.15, 0.2) is 5.78 Å². The highest BCUT2D eigenvalue weighted by Crippen LogP contribution is 2.31. The third-order valence-electron chi connectivity index (χ3n) is 7.66. The maximum absolute atomic E-state index is 14.2. The molecule has 2 aromatic carbocycles. The number of ketones is 1. The van der Waals surface area contributed by atoms with Crippen LogP contribution in [-0.2, 0) is 22.4 Å². The first kappa shape index (κ1) is 26.6. The number of aromatic nitrogens is 3. The van der Waals surface area contributed by atoms with Crippen LogP contribution < -0.4 is 5.56 Å². The van der Waals surface area contributed by atoms with Crippen LogP contribution in [0.4, 0.5) is 0 Å². The molecule has 200 valence electrons. The number of benzene rings is 2. The highest BCUT2D eigenvalue weighted by molar-refractivity contribution is 5.76. The topological polar surface area (TPSA) is 89.4 Å². The van der Waals surface area contributed by atoms with Crippen molar-refractivity contribution in [2.24, 2.45) is 0 Å². The third kappa shape index (κ3) is 5.57. The summed E-state index contributed by atoms with van der Waals surface area (Å²) < 4.78 is 9.67. The van der Waals surface area contributed by atoms with Gasteiger partial charge >= 0.3 is 0 Å². The number of rotatable bonds is 9. The first-order chi connectivity index (χ1) is 19.0. The molecule has 0 spiro atoms. The molecule has 1 fully saturated rings. The summed E-state index contributed by atoms with van der Waals surface area (Å²) in [4.78, 5) is 25.5. The molecule has 4 aromatic rings. The third-order valence-corrected chi connectivity index (χ3v) is 7.66. The molecular formula is C32H34N4O3. The minimum atomic E-state index is 0.0350. The minimum Gasteiger partial charge on any atom is -0.370 e. The summed E-state index contributed by atoms with van der Waals surface area (Å²) >= 11 is 0. The number of carbonyl (C=O) groups excluding carboxylic acids is 1. The van der Waals surface area contributed by atoms with Crippen molar-refractivity contribution in [1.82, 2.24) is 14.2 Å². The van der Waals surface area contributed by atoms with Crippen molar-refractivity contribution in [1.29, 1.82) is 5.26 Å². The van der Waals surface area contributed by atoms with Crippen molar-refractivity contribution >= 4 is 11.4 Å². The largest absolute Gasteiger partial charge is 0.370 e. The zero-order chi connectivity index (χ0) is 27.4. The zero-order valence-electron chi connectivity index (χ0n) is 22.6. The Morgan fingerprint density at radius 2 is 1.82 bits per heavy atom. The summed E-state index contributed by atoms with van der Waals surface area (Å²) in [6, 6.07) is 20.0. The van der Waals surface area contributed by atoms with Gasteiger partial charge in [-0.05, 0) is 61.8 Å². The molecule has 0 radical (unpaired) electrons. The van der Waals surface area contributed by atoms with Crippen LogP contribution in [0.15, 0.2) is 65.6 Å². The minimum absolute atomic E-state index is 0.0350. The van der Waals surface area contributed by atoms with Crippen LogP contribution in [0.5, 0.6) is 0 Å². The van der Waals surface area contributed by atoms with Gasteiger partial charge in [-0.15, -0.1) is 0 Å². The Labute approximate surface area is 228 Å². The summed E-state index contributed by atoms with van der Waals surface area (Å²) in [5, 5.41) is 14.1. The molecule has 7 nitrogen and oxygen atoms in total. The predicted molar refractivity (Wildman–Crippen MR) is 151 cm³/mol. The van der Waals surface area contributed by atoms with Crippen LogP contribution in [-0.4, -0.2) is 32.7 Å². The van der Waals surface area contributed by atoms with E-state index in [0.717, 1.165) is 72.1 Å². The van der Waals surface area contributed by atoms with E-state index >= 15 is 0 Å². The Hall–Kier alpha value is -4.02. The van der Waals surface area contributed by atoms with E-state index in [0.29, 0.717) is 12.0 Å². The van der Waals surface area contributed by atoms with Crippen molar-refractivity contribution in [3.05, 3.63) is 93.5 Å². The van der Waals surface area contributed by atoms with E-state index in [1.165, 1.54) is 0 Å². The molecule has 1 saturated carbocycles. The summed E-state index contributed by atoms with van der Waals surface area (Å²) in [5.74, 6) is 0.0350. The molecule has 2 aromatic heterocycles. The lowest BCUT2D eigenvalue weighted by Gasteiger charge is -2.31. The number of fused-ring (bicyclic) bond motifs is 1. The van der Waals surface area contributed by atoms with Crippen molar-refractivity contribution in [2.75, 3.05) is 6.61 Å². The number of hydrogen-bond donors (Lipinski definition) is 0. The summed E-state index contributed by atoms with van der Waals surface area (Å²) in [6.07, 6.45) is 7.32. The number of Topliss-reactive ketones (excluding diaryl/α,β-unsaturated/α-hetero) is 1. The van der Waals surface area contributed by atoms with Crippen LogP contribution in [0.25, 0.3) is 16.8 Å². The Morgan fingerprint density at radius 3 is 2.51 bits per heavy atom. The summed E-state index contributed by atoms with van der Waals surface area (Å²) in [5.41, 5.74) is 6.22. The Balaban J connectivity index is 1.47. The van der Waals surface area contributed by atoms with E-state index in [4.69, 9.17) is 4.74 Å². The number of nitrogens with zero attached hydrogens (tertiary/aromatic N) is 4. The van der Waals surface area contributed by atoms with Crippen molar-refractivity contribution in [3.8, 4) is 17.2 Å². The lowest BCUT2D eigenvalue weighted by atomic mass is 9.92. The Kier molecular flexibility index (Phi) is 8.04. The fourth-order valence-corrected chi connectivity index (χ4v) is 5.76. The first-order valence-corrected chi connectivity index (χ1v) is 13.8. The SMILES string of the molecule is CCCc1c(Cc2ccc(-c3ccccc3C#N)cc2)c(=O)n(C2CCC(OCC(C)=O)CC2)c2ccnn12. The molecule has 0 amide bonds.